The van der Waals surface area contributed by atoms with Crippen LogP contribution in [-0.2, 0) is 11.0 Å². The van der Waals surface area contributed by atoms with Crippen LogP contribution in [0, 0.1) is 5.92 Å². The second-order valence-electron chi connectivity index (χ2n) is 8.30. The number of alkyl halides is 3. The maximum atomic E-state index is 12.9. The maximum absolute atomic E-state index is 12.9. The third-order valence-electron chi connectivity index (χ3n) is 5.98. The molecule has 0 saturated heterocycles. The Kier molecular flexibility index (Phi) is 5.76. The lowest BCUT2D eigenvalue weighted by Gasteiger charge is -2.10. The van der Waals surface area contributed by atoms with Crippen molar-refractivity contribution in [3.8, 4) is 23.1 Å². The summed E-state index contributed by atoms with van der Waals surface area (Å²) in [4.78, 5) is 16.9. The van der Waals surface area contributed by atoms with Crippen LogP contribution in [0.4, 0.5) is 18.9 Å². The molecule has 1 saturated carbocycles. The van der Waals surface area contributed by atoms with E-state index >= 15 is 0 Å². The third kappa shape index (κ3) is 4.75. The van der Waals surface area contributed by atoms with E-state index in [0.29, 0.717) is 22.8 Å². The van der Waals surface area contributed by atoms with Gasteiger partial charge in [0.25, 0.3) is 0 Å². The molecule has 0 spiro atoms. The number of carbonyl (C=O) groups is 1. The molecule has 4 aromatic rings. The minimum atomic E-state index is -4.42. The number of benzene rings is 3. The Balaban J connectivity index is 1.33. The lowest BCUT2D eigenvalue weighted by Crippen LogP contribution is -2.14. The lowest BCUT2D eigenvalue weighted by atomic mass is 10.1. The predicted octanol–water partition coefficient (Wildman–Crippen LogP) is 5.70. The highest BCUT2D eigenvalue weighted by Crippen LogP contribution is 2.47. The molecule has 0 radical (unpaired) electrons. The highest BCUT2D eigenvalue weighted by molar-refractivity contribution is 5.95. The zero-order chi connectivity index (χ0) is 24.6. The van der Waals surface area contributed by atoms with E-state index in [4.69, 9.17) is 4.74 Å². The van der Waals surface area contributed by atoms with Gasteiger partial charge in [0.1, 0.15) is 0 Å². The molecule has 35 heavy (non-hydrogen) atoms. The Hall–Kier alpha value is -4.14. The second kappa shape index (κ2) is 8.90. The van der Waals surface area contributed by atoms with E-state index < -0.39 is 11.7 Å². The number of ether oxygens (including phenoxy) is 1. The van der Waals surface area contributed by atoms with Crippen LogP contribution in [0.2, 0.25) is 0 Å². The number of rotatable bonds is 6. The van der Waals surface area contributed by atoms with E-state index in [0.717, 1.165) is 18.6 Å². The smallest absolute Gasteiger partial charge is 0.416 e. The summed E-state index contributed by atoms with van der Waals surface area (Å²) in [5.41, 5.74) is 2.12. The third-order valence-corrected chi connectivity index (χ3v) is 5.98. The molecular formula is C26H21F3N4O2. The van der Waals surface area contributed by atoms with E-state index in [9.17, 15) is 18.0 Å². The molecule has 2 atom stereocenters. The Labute approximate surface area is 199 Å². The van der Waals surface area contributed by atoms with Crippen LogP contribution >= 0.6 is 0 Å². The normalized spacial score (nSPS) is 17.1. The van der Waals surface area contributed by atoms with Crippen LogP contribution in [0.1, 0.15) is 23.5 Å². The standard InChI is InChI=1S/C26H21F3N4O2/c1-35-25-31-23(17-7-9-18(10-8-17)26(27,28)29)33(32-25)20-13-11-19(12-14-20)30-24(34)22-15-21(22)16-5-3-2-4-6-16/h2-14,21-22H,15H2,1H3,(H,30,34)/t21-,22?/m0/s1. The molecule has 1 aromatic heterocycles. The number of hydrogen-bond donors (Lipinski definition) is 1. The maximum Gasteiger partial charge on any atom is 0.416 e. The number of carbonyl (C=O) groups excluding carboxylic acids is 1. The SMILES string of the molecule is COc1nc(-c2ccc(C(F)(F)F)cc2)n(-c2ccc(NC(=O)C3C[C@H]3c3ccccc3)cc2)n1. The lowest BCUT2D eigenvalue weighted by molar-refractivity contribution is -0.137. The Morgan fingerprint density at radius 1 is 1.00 bits per heavy atom. The molecule has 1 aliphatic carbocycles. The zero-order valence-corrected chi connectivity index (χ0v) is 18.7. The number of amides is 1. The van der Waals surface area contributed by atoms with Crippen molar-refractivity contribution < 1.29 is 22.7 Å². The average molecular weight is 478 g/mol. The molecule has 1 fully saturated rings. The molecular weight excluding hydrogens is 457 g/mol. The largest absolute Gasteiger partial charge is 0.466 e. The van der Waals surface area contributed by atoms with Gasteiger partial charge in [0.2, 0.25) is 5.91 Å². The first-order valence-electron chi connectivity index (χ1n) is 11.0. The summed E-state index contributed by atoms with van der Waals surface area (Å²) >= 11 is 0. The molecule has 178 valence electrons. The van der Waals surface area contributed by atoms with Gasteiger partial charge in [0.05, 0.1) is 18.4 Å². The van der Waals surface area contributed by atoms with Crippen molar-refractivity contribution in [3.63, 3.8) is 0 Å². The van der Waals surface area contributed by atoms with Crippen LogP contribution in [0.15, 0.2) is 78.9 Å². The molecule has 0 aliphatic heterocycles. The minimum absolute atomic E-state index is 0.0283. The van der Waals surface area contributed by atoms with Gasteiger partial charge < -0.3 is 10.1 Å². The number of anilines is 1. The Morgan fingerprint density at radius 3 is 2.31 bits per heavy atom. The number of aromatic nitrogens is 3. The van der Waals surface area contributed by atoms with Crippen molar-refractivity contribution in [2.75, 3.05) is 12.4 Å². The summed E-state index contributed by atoms with van der Waals surface area (Å²) in [7, 11) is 1.41. The molecule has 1 amide bonds. The summed E-state index contributed by atoms with van der Waals surface area (Å²) < 4.78 is 45.4. The molecule has 1 aliphatic rings. The van der Waals surface area contributed by atoms with Crippen LogP contribution < -0.4 is 10.1 Å². The molecule has 1 unspecified atom stereocenters. The van der Waals surface area contributed by atoms with Gasteiger partial charge in [0.15, 0.2) is 5.82 Å². The molecule has 5 rings (SSSR count). The molecule has 9 heteroatoms. The zero-order valence-electron chi connectivity index (χ0n) is 18.7. The monoisotopic (exact) mass is 478 g/mol. The van der Waals surface area contributed by atoms with Crippen molar-refractivity contribution in [3.05, 3.63) is 90.0 Å². The van der Waals surface area contributed by atoms with Crippen LogP contribution in [0.25, 0.3) is 17.1 Å². The van der Waals surface area contributed by atoms with Gasteiger partial charge in [-0.25, -0.2) is 4.68 Å². The van der Waals surface area contributed by atoms with Crippen molar-refractivity contribution in [2.24, 2.45) is 5.92 Å². The van der Waals surface area contributed by atoms with E-state index in [1.165, 1.54) is 29.5 Å². The fraction of sp³-hybridized carbons (Fsp3) is 0.192. The fourth-order valence-corrected chi connectivity index (χ4v) is 4.03. The van der Waals surface area contributed by atoms with Crippen molar-refractivity contribution in [1.29, 1.82) is 0 Å². The second-order valence-corrected chi connectivity index (χ2v) is 8.30. The van der Waals surface area contributed by atoms with E-state index in [2.05, 4.69) is 15.4 Å². The quantitative estimate of drug-likeness (QED) is 0.386. The van der Waals surface area contributed by atoms with E-state index in [1.54, 1.807) is 24.3 Å². The first-order valence-corrected chi connectivity index (χ1v) is 11.0. The van der Waals surface area contributed by atoms with Gasteiger partial charge >= 0.3 is 12.2 Å². The number of halogens is 3. The fourth-order valence-electron chi connectivity index (χ4n) is 4.03. The van der Waals surface area contributed by atoms with E-state index in [1.807, 2.05) is 30.3 Å². The van der Waals surface area contributed by atoms with Crippen molar-refractivity contribution in [1.82, 2.24) is 14.8 Å². The topological polar surface area (TPSA) is 69.0 Å². The Morgan fingerprint density at radius 2 is 1.69 bits per heavy atom. The van der Waals surface area contributed by atoms with Gasteiger partial charge in [0, 0.05) is 17.2 Å². The summed E-state index contributed by atoms with van der Waals surface area (Å²) in [6.45, 7) is 0. The van der Waals surface area contributed by atoms with Gasteiger partial charge in [-0.15, -0.1) is 5.10 Å². The number of nitrogens with one attached hydrogen (secondary N) is 1. The molecule has 6 nitrogen and oxygen atoms in total. The van der Waals surface area contributed by atoms with Crippen LogP contribution in [0.5, 0.6) is 6.01 Å². The van der Waals surface area contributed by atoms with Crippen LogP contribution in [-0.4, -0.2) is 27.8 Å². The molecule has 0 bridgehead atoms. The number of hydrogen-bond acceptors (Lipinski definition) is 4. The highest BCUT2D eigenvalue weighted by Gasteiger charge is 2.43. The van der Waals surface area contributed by atoms with E-state index in [-0.39, 0.29) is 23.8 Å². The van der Waals surface area contributed by atoms with Crippen molar-refractivity contribution >= 4 is 11.6 Å². The average Bonchev–Trinajstić information content (AvgIpc) is 3.56. The van der Waals surface area contributed by atoms with Gasteiger partial charge in [-0.3, -0.25) is 4.79 Å². The summed E-state index contributed by atoms with van der Waals surface area (Å²) in [5, 5.41) is 7.24. The van der Waals surface area contributed by atoms with Crippen LogP contribution in [0.3, 0.4) is 0 Å². The number of nitrogens with zero attached hydrogens (tertiary/aromatic N) is 3. The van der Waals surface area contributed by atoms with Gasteiger partial charge in [-0.05, 0) is 54.3 Å². The summed E-state index contributed by atoms with van der Waals surface area (Å²) in [6, 6.07) is 21.7. The summed E-state index contributed by atoms with van der Waals surface area (Å²) in [6.07, 6.45) is -3.60. The van der Waals surface area contributed by atoms with Crippen molar-refractivity contribution in [2.45, 2.75) is 18.5 Å². The first-order chi connectivity index (χ1) is 16.8. The predicted molar refractivity (Wildman–Crippen MR) is 124 cm³/mol. The first kappa shape index (κ1) is 22.6. The van der Waals surface area contributed by atoms with Gasteiger partial charge in [-0.1, -0.05) is 42.5 Å². The Bertz CT molecular complexity index is 1330. The van der Waals surface area contributed by atoms with Gasteiger partial charge in [-0.2, -0.15) is 18.2 Å². The molecule has 1 heterocycles. The summed E-state index contributed by atoms with van der Waals surface area (Å²) in [5.74, 6) is 0.489. The highest BCUT2D eigenvalue weighted by atomic mass is 19.4. The molecule has 1 N–H and O–H groups in total. The number of methoxy groups -OCH3 is 1. The minimum Gasteiger partial charge on any atom is -0.466 e. The molecule has 3 aromatic carbocycles.